The van der Waals surface area contributed by atoms with Crippen LogP contribution in [0.2, 0.25) is 0 Å². The second-order valence-corrected chi connectivity index (χ2v) is 7.35. The van der Waals surface area contributed by atoms with E-state index < -0.39 is 0 Å². The predicted molar refractivity (Wildman–Crippen MR) is 111 cm³/mol. The Bertz CT molecular complexity index is 977. The van der Waals surface area contributed by atoms with Gasteiger partial charge in [-0.3, -0.25) is 9.59 Å². The summed E-state index contributed by atoms with van der Waals surface area (Å²) in [7, 11) is 0. The van der Waals surface area contributed by atoms with Gasteiger partial charge in [0.25, 0.3) is 5.91 Å². The summed E-state index contributed by atoms with van der Waals surface area (Å²) in [5.74, 6) is 0.647. The summed E-state index contributed by atoms with van der Waals surface area (Å²) in [4.78, 5) is 24.4. The lowest BCUT2D eigenvalue weighted by atomic mass is 10.1. The minimum absolute atomic E-state index is 0.106. The van der Waals surface area contributed by atoms with Crippen LogP contribution in [0.1, 0.15) is 34.4 Å². The number of para-hydroxylation sites is 1. The lowest BCUT2D eigenvalue weighted by Crippen LogP contribution is -2.24. The van der Waals surface area contributed by atoms with Gasteiger partial charge in [0.05, 0.1) is 18.6 Å². The van der Waals surface area contributed by atoms with Crippen LogP contribution in [0.3, 0.4) is 0 Å². The van der Waals surface area contributed by atoms with Crippen molar-refractivity contribution in [3.05, 3.63) is 59.3 Å². The van der Waals surface area contributed by atoms with E-state index in [1.807, 2.05) is 43.5 Å². The van der Waals surface area contributed by atoms with Crippen LogP contribution in [0.25, 0.3) is 0 Å². The Labute approximate surface area is 173 Å². The smallest absolute Gasteiger partial charge is 0.287 e. The molecule has 9 heteroatoms. The van der Waals surface area contributed by atoms with E-state index in [0.29, 0.717) is 17.5 Å². The van der Waals surface area contributed by atoms with Crippen LogP contribution in [0.15, 0.2) is 46.2 Å². The Hall–Kier alpha value is -3.07. The van der Waals surface area contributed by atoms with Gasteiger partial charge in [-0.05, 0) is 44.0 Å². The summed E-state index contributed by atoms with van der Waals surface area (Å²) in [6, 6.07) is 9.14. The summed E-state index contributed by atoms with van der Waals surface area (Å²) in [6.07, 6.45) is 1.45. The molecule has 0 aliphatic carbocycles. The fourth-order valence-electron chi connectivity index (χ4n) is 2.85. The second kappa shape index (κ2) is 9.42. The fourth-order valence-corrected chi connectivity index (χ4v) is 3.67. The number of nitrogens with one attached hydrogen (secondary N) is 2. The summed E-state index contributed by atoms with van der Waals surface area (Å²) in [5.41, 5.74) is 2.89. The molecule has 0 spiro atoms. The molecular weight excluding hydrogens is 390 g/mol. The van der Waals surface area contributed by atoms with Crippen molar-refractivity contribution >= 4 is 29.3 Å². The van der Waals surface area contributed by atoms with Gasteiger partial charge in [0.15, 0.2) is 16.7 Å². The Morgan fingerprint density at radius 1 is 1.14 bits per heavy atom. The molecule has 2 heterocycles. The van der Waals surface area contributed by atoms with Crippen molar-refractivity contribution in [1.82, 2.24) is 20.1 Å². The van der Waals surface area contributed by atoms with Gasteiger partial charge in [-0.2, -0.15) is 0 Å². The zero-order valence-corrected chi connectivity index (χ0v) is 17.4. The first-order chi connectivity index (χ1) is 14.0. The third kappa shape index (κ3) is 5.05. The van der Waals surface area contributed by atoms with E-state index in [9.17, 15) is 9.59 Å². The highest BCUT2D eigenvalue weighted by Gasteiger charge is 2.16. The Kier molecular flexibility index (Phi) is 6.71. The first-order valence-electron chi connectivity index (χ1n) is 9.22. The Morgan fingerprint density at radius 3 is 2.55 bits per heavy atom. The van der Waals surface area contributed by atoms with Crippen LogP contribution in [0.5, 0.6) is 0 Å². The molecule has 2 amide bonds. The summed E-state index contributed by atoms with van der Waals surface area (Å²) in [6.45, 7) is 6.73. The minimum Gasteiger partial charge on any atom is -0.459 e. The van der Waals surface area contributed by atoms with E-state index in [-0.39, 0.29) is 29.9 Å². The van der Waals surface area contributed by atoms with Crippen molar-refractivity contribution in [2.75, 3.05) is 11.1 Å². The summed E-state index contributed by atoms with van der Waals surface area (Å²) >= 11 is 1.31. The second-order valence-electron chi connectivity index (χ2n) is 6.41. The largest absolute Gasteiger partial charge is 0.459 e. The van der Waals surface area contributed by atoms with Gasteiger partial charge < -0.3 is 19.6 Å². The maximum Gasteiger partial charge on any atom is 0.287 e. The molecule has 8 nitrogen and oxygen atoms in total. The van der Waals surface area contributed by atoms with Crippen molar-refractivity contribution in [2.45, 2.75) is 39.0 Å². The van der Waals surface area contributed by atoms with E-state index in [1.54, 1.807) is 12.1 Å². The number of amides is 2. The molecule has 0 unspecified atom stereocenters. The normalized spacial score (nSPS) is 10.7. The van der Waals surface area contributed by atoms with Crippen LogP contribution in [0.4, 0.5) is 5.69 Å². The number of hydrogen-bond donors (Lipinski definition) is 2. The number of nitrogens with zero attached hydrogens (tertiary/aromatic N) is 3. The Balaban J connectivity index is 1.58. The van der Waals surface area contributed by atoms with E-state index >= 15 is 0 Å². The van der Waals surface area contributed by atoms with Crippen LogP contribution in [-0.2, 0) is 17.9 Å². The quantitative estimate of drug-likeness (QED) is 0.550. The monoisotopic (exact) mass is 413 g/mol. The molecule has 152 valence electrons. The number of carbonyl (C=O) groups is 2. The van der Waals surface area contributed by atoms with Gasteiger partial charge in [0, 0.05) is 12.2 Å². The number of furan rings is 1. The van der Waals surface area contributed by atoms with E-state index in [1.165, 1.54) is 18.0 Å². The number of carbonyl (C=O) groups excluding carboxylic acids is 2. The third-order valence-electron chi connectivity index (χ3n) is 4.34. The van der Waals surface area contributed by atoms with Gasteiger partial charge in [-0.15, -0.1) is 10.2 Å². The maximum atomic E-state index is 12.4. The molecule has 1 aromatic carbocycles. The SMILES string of the molecule is CCn1c(CNC(=O)c2ccco2)nnc1SCC(=O)Nc1c(C)cccc1C. The average Bonchev–Trinajstić information content (AvgIpc) is 3.37. The number of benzene rings is 1. The number of rotatable bonds is 8. The molecule has 2 N–H and O–H groups in total. The van der Waals surface area contributed by atoms with Crippen LogP contribution in [-0.4, -0.2) is 32.3 Å². The minimum atomic E-state index is -0.317. The van der Waals surface area contributed by atoms with Gasteiger partial charge in [-0.25, -0.2) is 0 Å². The summed E-state index contributed by atoms with van der Waals surface area (Å²) in [5, 5.41) is 14.7. The van der Waals surface area contributed by atoms with Gasteiger partial charge in [0.1, 0.15) is 0 Å². The highest BCUT2D eigenvalue weighted by atomic mass is 32.2. The molecule has 2 aromatic heterocycles. The van der Waals surface area contributed by atoms with Crippen molar-refractivity contribution in [2.24, 2.45) is 0 Å². The van der Waals surface area contributed by atoms with Crippen LogP contribution >= 0.6 is 11.8 Å². The molecule has 0 atom stereocenters. The lowest BCUT2D eigenvalue weighted by molar-refractivity contribution is -0.113. The topological polar surface area (TPSA) is 102 Å². The molecule has 29 heavy (non-hydrogen) atoms. The molecule has 0 bridgehead atoms. The number of thioether (sulfide) groups is 1. The highest BCUT2D eigenvalue weighted by Crippen LogP contribution is 2.21. The number of aromatic nitrogens is 3. The van der Waals surface area contributed by atoms with Crippen molar-refractivity contribution < 1.29 is 14.0 Å². The molecule has 3 rings (SSSR count). The molecule has 3 aromatic rings. The fraction of sp³-hybridized carbons (Fsp3) is 0.300. The standard InChI is InChI=1S/C20H23N5O3S/c1-4-25-16(11-21-19(27)15-9-6-10-28-15)23-24-20(25)29-12-17(26)22-18-13(2)7-5-8-14(18)3/h5-10H,4,11-12H2,1-3H3,(H,21,27)(H,22,26). The van der Waals surface area contributed by atoms with E-state index in [2.05, 4.69) is 20.8 Å². The first kappa shape index (κ1) is 20.7. The molecular formula is C20H23N5O3S. The van der Waals surface area contributed by atoms with E-state index in [0.717, 1.165) is 16.8 Å². The van der Waals surface area contributed by atoms with Gasteiger partial charge >= 0.3 is 0 Å². The van der Waals surface area contributed by atoms with Crippen molar-refractivity contribution in [3.8, 4) is 0 Å². The van der Waals surface area contributed by atoms with Crippen molar-refractivity contribution in [1.29, 1.82) is 0 Å². The highest BCUT2D eigenvalue weighted by molar-refractivity contribution is 7.99. The van der Waals surface area contributed by atoms with Crippen molar-refractivity contribution in [3.63, 3.8) is 0 Å². The zero-order valence-electron chi connectivity index (χ0n) is 16.6. The predicted octanol–water partition coefficient (Wildman–Crippen LogP) is 3.17. The van der Waals surface area contributed by atoms with Gasteiger partial charge in [-0.1, -0.05) is 30.0 Å². The number of aryl methyl sites for hydroxylation is 2. The van der Waals surface area contributed by atoms with Crippen LogP contribution < -0.4 is 10.6 Å². The van der Waals surface area contributed by atoms with Gasteiger partial charge in [0.2, 0.25) is 5.91 Å². The zero-order chi connectivity index (χ0) is 20.8. The number of anilines is 1. The molecule has 0 aliphatic rings. The molecule has 0 fully saturated rings. The third-order valence-corrected chi connectivity index (χ3v) is 5.31. The maximum absolute atomic E-state index is 12.4. The molecule has 0 saturated heterocycles. The summed E-state index contributed by atoms with van der Waals surface area (Å²) < 4.78 is 6.95. The van der Waals surface area contributed by atoms with Crippen LogP contribution in [0, 0.1) is 13.8 Å². The number of hydrogen-bond acceptors (Lipinski definition) is 6. The average molecular weight is 414 g/mol. The van der Waals surface area contributed by atoms with E-state index in [4.69, 9.17) is 4.42 Å². The molecule has 0 saturated carbocycles. The lowest BCUT2D eigenvalue weighted by Gasteiger charge is -2.11. The first-order valence-corrected chi connectivity index (χ1v) is 10.2. The molecule has 0 radical (unpaired) electrons. The Morgan fingerprint density at radius 2 is 1.90 bits per heavy atom. The molecule has 0 aliphatic heterocycles.